The van der Waals surface area contributed by atoms with Crippen molar-refractivity contribution in [3.8, 4) is 0 Å². The van der Waals surface area contributed by atoms with Gasteiger partial charge in [-0.05, 0) is 24.6 Å². The lowest BCUT2D eigenvalue weighted by Gasteiger charge is -1.94. The van der Waals surface area contributed by atoms with Crippen LogP contribution in [0.5, 0.6) is 0 Å². The SMILES string of the molecule is Cc1ccn2c(Cl)c(C=O)nc2c1. The molecule has 0 aliphatic carbocycles. The van der Waals surface area contributed by atoms with Gasteiger partial charge in [0.2, 0.25) is 0 Å². The molecular formula is C9H7ClN2O. The van der Waals surface area contributed by atoms with Crippen LogP contribution in [0.4, 0.5) is 0 Å². The molecule has 4 heteroatoms. The molecular weight excluding hydrogens is 188 g/mol. The van der Waals surface area contributed by atoms with E-state index in [1.807, 2.05) is 19.1 Å². The number of aryl methyl sites for hydroxylation is 1. The molecule has 0 radical (unpaired) electrons. The number of aldehydes is 1. The van der Waals surface area contributed by atoms with Gasteiger partial charge < -0.3 is 0 Å². The van der Waals surface area contributed by atoms with Crippen LogP contribution in [-0.2, 0) is 0 Å². The van der Waals surface area contributed by atoms with Crippen LogP contribution in [0, 0.1) is 6.92 Å². The Labute approximate surface area is 80.0 Å². The lowest BCUT2D eigenvalue weighted by atomic mass is 10.3. The number of pyridine rings is 1. The molecule has 0 unspecified atom stereocenters. The summed E-state index contributed by atoms with van der Waals surface area (Å²) in [7, 11) is 0. The number of rotatable bonds is 1. The highest BCUT2D eigenvalue weighted by molar-refractivity contribution is 6.32. The van der Waals surface area contributed by atoms with Crippen molar-refractivity contribution in [1.82, 2.24) is 9.38 Å². The van der Waals surface area contributed by atoms with Crippen LogP contribution in [-0.4, -0.2) is 15.7 Å². The van der Waals surface area contributed by atoms with E-state index in [4.69, 9.17) is 11.6 Å². The van der Waals surface area contributed by atoms with Crippen molar-refractivity contribution in [3.05, 3.63) is 34.7 Å². The number of nitrogens with zero attached hydrogens (tertiary/aromatic N) is 2. The first-order valence-electron chi connectivity index (χ1n) is 3.82. The fraction of sp³-hybridized carbons (Fsp3) is 0.111. The molecule has 0 aromatic carbocycles. The minimum atomic E-state index is 0.285. The number of carbonyl (C=O) groups is 1. The van der Waals surface area contributed by atoms with Gasteiger partial charge in [-0.25, -0.2) is 4.98 Å². The zero-order chi connectivity index (χ0) is 9.42. The molecule has 2 aromatic heterocycles. The maximum atomic E-state index is 10.5. The molecule has 0 aliphatic rings. The minimum absolute atomic E-state index is 0.285. The van der Waals surface area contributed by atoms with Crippen molar-refractivity contribution in [3.63, 3.8) is 0 Å². The monoisotopic (exact) mass is 194 g/mol. The standard InChI is InChI=1S/C9H7ClN2O/c1-6-2-3-12-8(4-6)11-7(5-13)9(12)10/h2-5H,1H3. The fourth-order valence-electron chi connectivity index (χ4n) is 1.21. The molecule has 2 rings (SSSR count). The predicted molar refractivity (Wildman–Crippen MR) is 50.3 cm³/mol. The molecule has 2 heterocycles. The first kappa shape index (κ1) is 8.26. The van der Waals surface area contributed by atoms with E-state index in [1.165, 1.54) is 0 Å². The van der Waals surface area contributed by atoms with Gasteiger partial charge in [-0.3, -0.25) is 9.20 Å². The van der Waals surface area contributed by atoms with Crippen molar-refractivity contribution in [1.29, 1.82) is 0 Å². The van der Waals surface area contributed by atoms with Gasteiger partial charge in [0.25, 0.3) is 0 Å². The molecule has 2 aromatic rings. The third-order valence-corrected chi connectivity index (χ3v) is 2.24. The summed E-state index contributed by atoms with van der Waals surface area (Å²) in [5, 5.41) is 0.366. The highest BCUT2D eigenvalue weighted by Crippen LogP contribution is 2.17. The van der Waals surface area contributed by atoms with Crippen molar-refractivity contribution in [2.45, 2.75) is 6.92 Å². The highest BCUT2D eigenvalue weighted by atomic mass is 35.5. The van der Waals surface area contributed by atoms with Crippen LogP contribution in [0.3, 0.4) is 0 Å². The molecule has 0 spiro atoms. The van der Waals surface area contributed by atoms with Crippen LogP contribution < -0.4 is 0 Å². The van der Waals surface area contributed by atoms with E-state index in [0.717, 1.165) is 5.56 Å². The maximum Gasteiger partial charge on any atom is 0.171 e. The van der Waals surface area contributed by atoms with Gasteiger partial charge in [0.15, 0.2) is 6.29 Å². The van der Waals surface area contributed by atoms with Crippen molar-refractivity contribution in [2.75, 3.05) is 0 Å². The van der Waals surface area contributed by atoms with Gasteiger partial charge in [0.05, 0.1) is 0 Å². The largest absolute Gasteiger partial charge is 0.296 e. The molecule has 0 aliphatic heterocycles. The Balaban J connectivity index is 2.83. The topological polar surface area (TPSA) is 34.4 Å². The Hall–Kier alpha value is -1.35. The molecule has 0 atom stereocenters. The Kier molecular flexibility index (Phi) is 1.81. The summed E-state index contributed by atoms with van der Waals surface area (Å²) in [6, 6.07) is 3.79. The maximum absolute atomic E-state index is 10.5. The van der Waals surface area contributed by atoms with E-state index in [2.05, 4.69) is 4.98 Å². The number of aromatic nitrogens is 2. The van der Waals surface area contributed by atoms with Crippen molar-refractivity contribution >= 4 is 23.5 Å². The quantitative estimate of drug-likeness (QED) is 0.652. The van der Waals surface area contributed by atoms with Crippen LogP contribution in [0.2, 0.25) is 5.15 Å². The van der Waals surface area contributed by atoms with E-state index < -0.39 is 0 Å². The van der Waals surface area contributed by atoms with Gasteiger partial charge in [-0.1, -0.05) is 11.6 Å². The van der Waals surface area contributed by atoms with E-state index in [1.54, 1.807) is 10.6 Å². The van der Waals surface area contributed by atoms with Crippen LogP contribution in [0.25, 0.3) is 5.65 Å². The Morgan fingerprint density at radius 3 is 3.08 bits per heavy atom. The molecule has 0 amide bonds. The molecule has 0 bridgehead atoms. The number of imidazole rings is 1. The van der Waals surface area contributed by atoms with Crippen molar-refractivity contribution < 1.29 is 4.79 Å². The van der Waals surface area contributed by atoms with Crippen LogP contribution in [0.1, 0.15) is 16.1 Å². The zero-order valence-corrected chi connectivity index (χ0v) is 7.75. The van der Waals surface area contributed by atoms with Crippen LogP contribution in [0.15, 0.2) is 18.3 Å². The summed E-state index contributed by atoms with van der Waals surface area (Å²) in [6.45, 7) is 1.96. The highest BCUT2D eigenvalue weighted by Gasteiger charge is 2.07. The number of carbonyl (C=O) groups excluding carboxylic acids is 1. The number of fused-ring (bicyclic) bond motifs is 1. The summed E-state index contributed by atoms with van der Waals surface area (Å²) < 4.78 is 1.68. The Bertz CT molecular complexity index is 476. The van der Waals surface area contributed by atoms with E-state index in [9.17, 15) is 4.79 Å². The van der Waals surface area contributed by atoms with Gasteiger partial charge >= 0.3 is 0 Å². The van der Waals surface area contributed by atoms with Crippen LogP contribution >= 0.6 is 11.6 Å². The summed E-state index contributed by atoms with van der Waals surface area (Å²) in [4.78, 5) is 14.6. The molecule has 3 nitrogen and oxygen atoms in total. The van der Waals surface area contributed by atoms with Gasteiger partial charge in [0, 0.05) is 6.20 Å². The Morgan fingerprint density at radius 1 is 1.62 bits per heavy atom. The fourth-order valence-corrected chi connectivity index (χ4v) is 1.44. The van der Waals surface area contributed by atoms with E-state index in [0.29, 0.717) is 17.1 Å². The first-order chi connectivity index (χ1) is 6.22. The molecule has 0 saturated carbocycles. The minimum Gasteiger partial charge on any atom is -0.296 e. The second-order valence-corrected chi connectivity index (χ2v) is 3.20. The molecule has 13 heavy (non-hydrogen) atoms. The number of halogens is 1. The third kappa shape index (κ3) is 1.21. The van der Waals surface area contributed by atoms with Crippen molar-refractivity contribution in [2.24, 2.45) is 0 Å². The second-order valence-electron chi connectivity index (χ2n) is 2.84. The summed E-state index contributed by atoms with van der Waals surface area (Å²) >= 11 is 5.88. The third-order valence-electron chi connectivity index (χ3n) is 1.86. The van der Waals surface area contributed by atoms with Gasteiger partial charge in [-0.2, -0.15) is 0 Å². The van der Waals surface area contributed by atoms with Gasteiger partial charge in [0.1, 0.15) is 16.5 Å². The molecule has 0 fully saturated rings. The molecule has 66 valence electrons. The molecule has 0 saturated heterocycles. The number of hydrogen-bond donors (Lipinski definition) is 0. The number of hydrogen-bond acceptors (Lipinski definition) is 2. The summed E-state index contributed by atoms with van der Waals surface area (Å²) in [6.07, 6.45) is 2.46. The lowest BCUT2D eigenvalue weighted by Crippen LogP contribution is -1.84. The normalized spacial score (nSPS) is 10.6. The second kappa shape index (κ2) is 2.85. The molecule has 0 N–H and O–H groups in total. The average molecular weight is 195 g/mol. The smallest absolute Gasteiger partial charge is 0.171 e. The first-order valence-corrected chi connectivity index (χ1v) is 4.19. The predicted octanol–water partition coefficient (Wildman–Crippen LogP) is 2.11. The summed E-state index contributed by atoms with van der Waals surface area (Å²) in [5.74, 6) is 0. The van der Waals surface area contributed by atoms with E-state index in [-0.39, 0.29) is 5.69 Å². The van der Waals surface area contributed by atoms with Gasteiger partial charge in [-0.15, -0.1) is 0 Å². The average Bonchev–Trinajstić information content (AvgIpc) is 2.42. The lowest BCUT2D eigenvalue weighted by molar-refractivity contribution is 0.111. The Morgan fingerprint density at radius 2 is 2.38 bits per heavy atom. The summed E-state index contributed by atoms with van der Waals surface area (Å²) in [5.41, 5.74) is 2.07. The zero-order valence-electron chi connectivity index (χ0n) is 6.99. The van der Waals surface area contributed by atoms with E-state index >= 15 is 0 Å².